The number of hydrogen-bond acceptors (Lipinski definition) is 0. The van der Waals surface area contributed by atoms with E-state index in [1.54, 1.807) is 0 Å². The van der Waals surface area contributed by atoms with E-state index < -0.39 is 0 Å². The summed E-state index contributed by atoms with van der Waals surface area (Å²) >= 11 is 0. The molecule has 11 rings (SSSR count). The molecule has 53 heavy (non-hydrogen) atoms. The minimum Gasteiger partial charge on any atom is -0.0622 e. The Morgan fingerprint density at radius 3 is 1.70 bits per heavy atom. The Hall–Kier alpha value is -6.50. The molecule has 1 aliphatic carbocycles. The van der Waals surface area contributed by atoms with E-state index in [1.165, 1.54) is 109 Å². The van der Waals surface area contributed by atoms with Crippen LogP contribution in [0.5, 0.6) is 0 Å². The van der Waals surface area contributed by atoms with Gasteiger partial charge in [0.05, 0.1) is 0 Å². The molecule has 0 spiro atoms. The molecule has 10 aromatic carbocycles. The van der Waals surface area contributed by atoms with Crippen molar-refractivity contribution >= 4 is 53.9 Å². The lowest BCUT2D eigenvalue weighted by Gasteiger charge is -2.22. The first-order valence-electron chi connectivity index (χ1n) is 18.7. The van der Waals surface area contributed by atoms with Crippen LogP contribution in [0, 0.1) is 0 Å². The van der Waals surface area contributed by atoms with Gasteiger partial charge < -0.3 is 0 Å². The molecule has 0 saturated heterocycles. The maximum absolute atomic E-state index is 2.47. The number of hydrogen-bond donors (Lipinski definition) is 0. The number of fused-ring (bicyclic) bond motifs is 10. The lowest BCUT2D eigenvalue weighted by Crippen LogP contribution is -2.14. The highest BCUT2D eigenvalue weighted by Gasteiger charge is 2.35. The lowest BCUT2D eigenvalue weighted by molar-refractivity contribution is 0.660. The summed E-state index contributed by atoms with van der Waals surface area (Å²) in [6.07, 6.45) is 0. The SMILES string of the molecule is CC1(C)c2ccccc2-c2cc(-c3c4ccccc4c(-c4cc5c6ccccc6ccc5c5ccccc45)c4ccc(-c5ccccc5)cc34)ccc21. The summed E-state index contributed by atoms with van der Waals surface area (Å²) in [4.78, 5) is 0. The van der Waals surface area contributed by atoms with Crippen LogP contribution in [0.15, 0.2) is 182 Å². The van der Waals surface area contributed by atoms with E-state index >= 15 is 0 Å². The predicted molar refractivity (Wildman–Crippen MR) is 228 cm³/mol. The van der Waals surface area contributed by atoms with Crippen LogP contribution in [0.25, 0.3) is 98.4 Å². The number of benzene rings is 10. The Morgan fingerprint density at radius 2 is 0.868 bits per heavy atom. The Morgan fingerprint density at radius 1 is 0.283 bits per heavy atom. The summed E-state index contributed by atoms with van der Waals surface area (Å²) in [7, 11) is 0. The molecule has 0 atom stereocenters. The van der Waals surface area contributed by atoms with Crippen molar-refractivity contribution in [1.82, 2.24) is 0 Å². The molecule has 0 N–H and O–H groups in total. The molecule has 0 heterocycles. The summed E-state index contributed by atoms with van der Waals surface area (Å²) in [6, 6.07) is 68.1. The average molecular weight is 673 g/mol. The fraction of sp³-hybridized carbons (Fsp3) is 0.0566. The van der Waals surface area contributed by atoms with Crippen molar-refractivity contribution in [1.29, 1.82) is 0 Å². The molecule has 0 heteroatoms. The van der Waals surface area contributed by atoms with Gasteiger partial charge in [-0.2, -0.15) is 0 Å². The Balaban J connectivity index is 1.29. The van der Waals surface area contributed by atoms with Gasteiger partial charge in [0.2, 0.25) is 0 Å². The van der Waals surface area contributed by atoms with Crippen LogP contribution in [0.4, 0.5) is 0 Å². The molecule has 10 aromatic rings. The molecule has 0 nitrogen and oxygen atoms in total. The van der Waals surface area contributed by atoms with Crippen molar-refractivity contribution in [3.05, 3.63) is 193 Å². The second kappa shape index (κ2) is 11.2. The maximum Gasteiger partial charge on any atom is 0.0158 e. The first-order chi connectivity index (χ1) is 26.1. The summed E-state index contributed by atoms with van der Waals surface area (Å²) in [6.45, 7) is 4.72. The van der Waals surface area contributed by atoms with Gasteiger partial charge in [0.1, 0.15) is 0 Å². The van der Waals surface area contributed by atoms with E-state index in [2.05, 4.69) is 196 Å². The van der Waals surface area contributed by atoms with E-state index in [0.717, 1.165) is 0 Å². The van der Waals surface area contributed by atoms with Gasteiger partial charge in [-0.1, -0.05) is 178 Å². The van der Waals surface area contributed by atoms with Crippen molar-refractivity contribution in [2.75, 3.05) is 0 Å². The highest BCUT2D eigenvalue weighted by molar-refractivity contribution is 6.28. The van der Waals surface area contributed by atoms with Crippen LogP contribution in [-0.4, -0.2) is 0 Å². The van der Waals surface area contributed by atoms with Gasteiger partial charge in [0.25, 0.3) is 0 Å². The third-order valence-electron chi connectivity index (χ3n) is 12.0. The van der Waals surface area contributed by atoms with Crippen molar-refractivity contribution in [2.45, 2.75) is 19.3 Å². The maximum atomic E-state index is 2.47. The summed E-state index contributed by atoms with van der Waals surface area (Å²) < 4.78 is 0. The lowest BCUT2D eigenvalue weighted by atomic mass is 9.80. The van der Waals surface area contributed by atoms with E-state index in [0.29, 0.717) is 0 Å². The second-order valence-electron chi connectivity index (χ2n) is 15.2. The topological polar surface area (TPSA) is 0 Å². The van der Waals surface area contributed by atoms with Crippen LogP contribution in [0.2, 0.25) is 0 Å². The minimum absolute atomic E-state index is 0.0414. The smallest absolute Gasteiger partial charge is 0.0158 e. The van der Waals surface area contributed by atoms with Gasteiger partial charge in [0, 0.05) is 5.41 Å². The molecule has 0 fully saturated rings. The van der Waals surface area contributed by atoms with Gasteiger partial charge in [-0.15, -0.1) is 0 Å². The largest absolute Gasteiger partial charge is 0.0622 e. The Kier molecular flexibility index (Phi) is 6.40. The number of rotatable bonds is 3. The Labute approximate surface area is 309 Å². The normalized spacial score (nSPS) is 13.2. The first kappa shape index (κ1) is 30.2. The monoisotopic (exact) mass is 672 g/mol. The molecule has 0 saturated carbocycles. The molecule has 1 aliphatic rings. The highest BCUT2D eigenvalue weighted by atomic mass is 14.4. The first-order valence-corrected chi connectivity index (χ1v) is 18.7. The third-order valence-corrected chi connectivity index (χ3v) is 12.0. The van der Waals surface area contributed by atoms with Crippen LogP contribution < -0.4 is 0 Å². The van der Waals surface area contributed by atoms with Crippen molar-refractivity contribution < 1.29 is 0 Å². The van der Waals surface area contributed by atoms with Crippen LogP contribution in [-0.2, 0) is 5.41 Å². The molecular formula is C53H36. The van der Waals surface area contributed by atoms with Crippen LogP contribution in [0.1, 0.15) is 25.0 Å². The summed E-state index contributed by atoms with van der Waals surface area (Å²) in [5.74, 6) is 0. The standard InChI is InChI=1S/C53H36/c1-53(2)49-23-13-12-20-41(49)46-31-36(26-29-50(46)53)51-42-21-10-11-22-43(42)52(44-28-25-35(30-47(44)51)33-14-4-3-5-15-33)48-32-45-37-17-7-6-16-34(37)24-27-40(45)38-18-8-9-19-39(38)48/h3-32H,1-2H3. The fourth-order valence-electron chi connectivity index (χ4n) is 9.53. The molecule has 0 aliphatic heterocycles. The molecule has 0 radical (unpaired) electrons. The zero-order valence-electron chi connectivity index (χ0n) is 29.8. The van der Waals surface area contributed by atoms with E-state index in [-0.39, 0.29) is 5.41 Å². The minimum atomic E-state index is -0.0414. The van der Waals surface area contributed by atoms with Gasteiger partial charge in [-0.3, -0.25) is 0 Å². The third kappa shape index (κ3) is 4.36. The van der Waals surface area contributed by atoms with Gasteiger partial charge in [-0.05, 0) is 128 Å². The zero-order chi connectivity index (χ0) is 35.3. The average Bonchev–Trinajstić information content (AvgIpc) is 3.45. The van der Waals surface area contributed by atoms with Crippen molar-refractivity contribution in [2.24, 2.45) is 0 Å². The van der Waals surface area contributed by atoms with E-state index in [9.17, 15) is 0 Å². The molecule has 0 bridgehead atoms. The summed E-state index contributed by atoms with van der Waals surface area (Å²) in [5, 5.41) is 12.8. The van der Waals surface area contributed by atoms with Gasteiger partial charge in [0.15, 0.2) is 0 Å². The Bertz CT molecular complexity index is 3120. The van der Waals surface area contributed by atoms with Gasteiger partial charge in [-0.25, -0.2) is 0 Å². The molecule has 0 amide bonds. The molecule has 248 valence electrons. The fourth-order valence-corrected chi connectivity index (χ4v) is 9.53. The highest BCUT2D eigenvalue weighted by Crippen LogP contribution is 2.52. The molecule has 0 unspecified atom stereocenters. The molecular weight excluding hydrogens is 637 g/mol. The van der Waals surface area contributed by atoms with Crippen LogP contribution >= 0.6 is 0 Å². The quantitative estimate of drug-likeness (QED) is 0.129. The zero-order valence-corrected chi connectivity index (χ0v) is 29.8. The molecule has 0 aromatic heterocycles. The van der Waals surface area contributed by atoms with E-state index in [1.807, 2.05) is 0 Å². The van der Waals surface area contributed by atoms with Crippen molar-refractivity contribution in [3.8, 4) is 44.5 Å². The second-order valence-corrected chi connectivity index (χ2v) is 15.2. The van der Waals surface area contributed by atoms with Gasteiger partial charge >= 0.3 is 0 Å². The van der Waals surface area contributed by atoms with E-state index in [4.69, 9.17) is 0 Å². The predicted octanol–water partition coefficient (Wildman–Crippen LogP) is 14.8. The van der Waals surface area contributed by atoms with Crippen LogP contribution in [0.3, 0.4) is 0 Å². The van der Waals surface area contributed by atoms with Crippen molar-refractivity contribution in [3.63, 3.8) is 0 Å². The summed E-state index contributed by atoms with van der Waals surface area (Å²) in [5.41, 5.74) is 13.0.